The van der Waals surface area contributed by atoms with Crippen molar-refractivity contribution in [2.24, 2.45) is 5.92 Å². The minimum Gasteiger partial charge on any atom is -0.461 e. The SMILES string of the molecule is C[C@H]1C=C(C/C=C/CCCC(=O)OCc2ccccc2)C(=O)C1. The Hall–Kier alpha value is -2.16. The monoisotopic (exact) mass is 312 g/mol. The second kappa shape index (κ2) is 9.09. The third-order valence-electron chi connectivity index (χ3n) is 3.85. The molecule has 0 unspecified atom stereocenters. The average Bonchev–Trinajstić information content (AvgIpc) is 2.87. The van der Waals surface area contributed by atoms with Crippen molar-refractivity contribution in [3.63, 3.8) is 0 Å². The van der Waals surface area contributed by atoms with Crippen LogP contribution in [0.25, 0.3) is 0 Å². The molecule has 0 fully saturated rings. The number of ether oxygens (including phenoxy) is 1. The normalized spacial score (nSPS) is 17.5. The highest BCUT2D eigenvalue weighted by atomic mass is 16.5. The first-order valence-electron chi connectivity index (χ1n) is 8.23. The first-order valence-corrected chi connectivity index (χ1v) is 8.23. The summed E-state index contributed by atoms with van der Waals surface area (Å²) in [5.41, 5.74) is 1.93. The van der Waals surface area contributed by atoms with Gasteiger partial charge in [0.15, 0.2) is 5.78 Å². The molecule has 0 N–H and O–H groups in total. The van der Waals surface area contributed by atoms with Gasteiger partial charge in [0.1, 0.15) is 6.61 Å². The largest absolute Gasteiger partial charge is 0.461 e. The molecule has 0 aliphatic heterocycles. The molecule has 0 saturated heterocycles. The van der Waals surface area contributed by atoms with Crippen LogP contribution in [-0.2, 0) is 20.9 Å². The summed E-state index contributed by atoms with van der Waals surface area (Å²) < 4.78 is 5.22. The number of benzene rings is 1. The molecule has 0 bridgehead atoms. The van der Waals surface area contributed by atoms with Crippen LogP contribution < -0.4 is 0 Å². The molecule has 0 saturated carbocycles. The smallest absolute Gasteiger partial charge is 0.306 e. The quantitative estimate of drug-likeness (QED) is 0.406. The fourth-order valence-electron chi connectivity index (χ4n) is 2.60. The molecule has 1 aromatic rings. The minimum atomic E-state index is -0.162. The summed E-state index contributed by atoms with van der Waals surface area (Å²) in [7, 11) is 0. The molecule has 1 aliphatic rings. The van der Waals surface area contributed by atoms with Crippen LogP contribution in [0.5, 0.6) is 0 Å². The average molecular weight is 312 g/mol. The summed E-state index contributed by atoms with van der Waals surface area (Å²) >= 11 is 0. The van der Waals surface area contributed by atoms with E-state index < -0.39 is 0 Å². The zero-order chi connectivity index (χ0) is 16.5. The molecule has 0 radical (unpaired) electrons. The Morgan fingerprint density at radius 2 is 2.04 bits per heavy atom. The fourth-order valence-corrected chi connectivity index (χ4v) is 2.60. The summed E-state index contributed by atoms with van der Waals surface area (Å²) in [5.74, 6) is 0.488. The summed E-state index contributed by atoms with van der Waals surface area (Å²) in [4.78, 5) is 23.3. The maximum atomic E-state index is 11.6. The molecular weight excluding hydrogens is 288 g/mol. The van der Waals surface area contributed by atoms with Gasteiger partial charge in [-0.15, -0.1) is 0 Å². The molecule has 0 heterocycles. The van der Waals surface area contributed by atoms with Crippen LogP contribution in [0.2, 0.25) is 0 Å². The number of Topliss-reactive ketones (excluding diaryl/α,β-unsaturated/α-hetero) is 1. The van der Waals surface area contributed by atoms with Crippen molar-refractivity contribution >= 4 is 11.8 Å². The van der Waals surface area contributed by atoms with E-state index in [0.29, 0.717) is 31.8 Å². The lowest BCUT2D eigenvalue weighted by Crippen LogP contribution is -2.03. The third-order valence-corrected chi connectivity index (χ3v) is 3.85. The predicted molar refractivity (Wildman–Crippen MR) is 90.7 cm³/mol. The van der Waals surface area contributed by atoms with Crippen molar-refractivity contribution in [2.45, 2.75) is 45.6 Å². The molecule has 0 spiro atoms. The molecule has 0 amide bonds. The predicted octanol–water partition coefficient (Wildman–Crippen LogP) is 4.38. The Morgan fingerprint density at radius 3 is 2.74 bits per heavy atom. The first-order chi connectivity index (χ1) is 11.1. The zero-order valence-corrected chi connectivity index (χ0v) is 13.7. The van der Waals surface area contributed by atoms with E-state index in [4.69, 9.17) is 4.74 Å². The number of carbonyl (C=O) groups excluding carboxylic acids is 2. The highest BCUT2D eigenvalue weighted by Gasteiger charge is 2.18. The Morgan fingerprint density at radius 1 is 1.26 bits per heavy atom. The van der Waals surface area contributed by atoms with Crippen molar-refractivity contribution in [2.75, 3.05) is 0 Å². The molecule has 1 aliphatic carbocycles. The summed E-state index contributed by atoms with van der Waals surface area (Å²) in [5, 5.41) is 0. The van der Waals surface area contributed by atoms with E-state index in [1.54, 1.807) is 0 Å². The Bertz CT molecular complexity index is 584. The number of hydrogen-bond donors (Lipinski definition) is 0. The molecule has 1 aromatic carbocycles. The van der Waals surface area contributed by atoms with E-state index in [9.17, 15) is 9.59 Å². The number of hydrogen-bond acceptors (Lipinski definition) is 3. The zero-order valence-electron chi connectivity index (χ0n) is 13.7. The standard InChI is InChI=1S/C20H24O3/c1-16-13-18(19(21)14-16)11-7-2-3-8-12-20(22)23-15-17-9-5-4-6-10-17/h2,4-7,9-10,13,16H,3,8,11-12,14-15H2,1H3/b7-2+/t16-/m0/s1. The molecular formula is C20H24O3. The van der Waals surface area contributed by atoms with Gasteiger partial charge in [-0.3, -0.25) is 9.59 Å². The van der Waals surface area contributed by atoms with Crippen molar-refractivity contribution in [3.8, 4) is 0 Å². The Labute approximate surface area is 138 Å². The van der Waals surface area contributed by atoms with Gasteiger partial charge in [-0.25, -0.2) is 0 Å². The number of unbranched alkanes of at least 4 members (excludes halogenated alkanes) is 1. The second-order valence-corrected chi connectivity index (χ2v) is 6.01. The number of carbonyl (C=O) groups is 2. The van der Waals surface area contributed by atoms with Crippen LogP contribution in [0.1, 0.15) is 44.6 Å². The minimum absolute atomic E-state index is 0.162. The van der Waals surface area contributed by atoms with Crippen LogP contribution in [0, 0.1) is 5.92 Å². The second-order valence-electron chi connectivity index (χ2n) is 6.01. The summed E-state index contributed by atoms with van der Waals surface area (Å²) in [6.45, 7) is 2.40. The van der Waals surface area contributed by atoms with Gasteiger partial charge in [0, 0.05) is 12.8 Å². The van der Waals surface area contributed by atoms with Crippen LogP contribution in [-0.4, -0.2) is 11.8 Å². The lowest BCUT2D eigenvalue weighted by atomic mass is 10.1. The van der Waals surface area contributed by atoms with Crippen molar-refractivity contribution < 1.29 is 14.3 Å². The van der Waals surface area contributed by atoms with Crippen molar-refractivity contribution in [1.82, 2.24) is 0 Å². The van der Waals surface area contributed by atoms with Crippen molar-refractivity contribution in [1.29, 1.82) is 0 Å². The van der Waals surface area contributed by atoms with Crippen LogP contribution in [0.3, 0.4) is 0 Å². The summed E-state index contributed by atoms with van der Waals surface area (Å²) in [6.07, 6.45) is 9.52. The highest BCUT2D eigenvalue weighted by Crippen LogP contribution is 2.22. The third kappa shape index (κ3) is 6.23. The van der Waals surface area contributed by atoms with Gasteiger partial charge in [0.25, 0.3) is 0 Å². The number of esters is 1. The molecule has 3 heteroatoms. The number of allylic oxidation sites excluding steroid dienone is 4. The van der Waals surface area contributed by atoms with Gasteiger partial charge >= 0.3 is 5.97 Å². The van der Waals surface area contributed by atoms with E-state index >= 15 is 0 Å². The van der Waals surface area contributed by atoms with E-state index in [-0.39, 0.29) is 11.8 Å². The van der Waals surface area contributed by atoms with E-state index in [0.717, 1.165) is 24.0 Å². The highest BCUT2D eigenvalue weighted by molar-refractivity contribution is 5.98. The maximum absolute atomic E-state index is 11.6. The molecule has 2 rings (SSSR count). The number of rotatable bonds is 8. The maximum Gasteiger partial charge on any atom is 0.306 e. The van der Waals surface area contributed by atoms with Gasteiger partial charge in [-0.05, 0) is 36.3 Å². The molecule has 1 atom stereocenters. The van der Waals surface area contributed by atoms with E-state index in [1.165, 1.54) is 0 Å². The number of ketones is 1. The molecule has 122 valence electrons. The van der Waals surface area contributed by atoms with Crippen LogP contribution >= 0.6 is 0 Å². The Kier molecular flexibility index (Phi) is 6.79. The van der Waals surface area contributed by atoms with E-state index in [1.807, 2.05) is 42.5 Å². The van der Waals surface area contributed by atoms with E-state index in [2.05, 4.69) is 13.0 Å². The van der Waals surface area contributed by atoms with Crippen LogP contribution in [0.15, 0.2) is 54.1 Å². The Balaban J connectivity index is 1.56. The molecule has 23 heavy (non-hydrogen) atoms. The fraction of sp³-hybridized carbons (Fsp3) is 0.400. The van der Waals surface area contributed by atoms with Gasteiger partial charge in [0.05, 0.1) is 0 Å². The van der Waals surface area contributed by atoms with Gasteiger partial charge in [-0.1, -0.05) is 55.5 Å². The first kappa shape index (κ1) is 17.2. The van der Waals surface area contributed by atoms with Gasteiger partial charge < -0.3 is 4.74 Å². The lowest BCUT2D eigenvalue weighted by molar-refractivity contribution is -0.145. The van der Waals surface area contributed by atoms with Gasteiger partial charge in [-0.2, -0.15) is 0 Å². The lowest BCUT2D eigenvalue weighted by Gasteiger charge is -2.04. The molecule has 0 aromatic heterocycles. The summed E-state index contributed by atoms with van der Waals surface area (Å²) in [6, 6.07) is 9.68. The van der Waals surface area contributed by atoms with Crippen molar-refractivity contribution in [3.05, 3.63) is 59.7 Å². The topological polar surface area (TPSA) is 43.4 Å². The van der Waals surface area contributed by atoms with Crippen LogP contribution in [0.4, 0.5) is 0 Å². The molecule has 3 nitrogen and oxygen atoms in total. The van der Waals surface area contributed by atoms with Gasteiger partial charge in [0.2, 0.25) is 0 Å².